The zero-order valence-electron chi connectivity index (χ0n) is 18.5. The predicted molar refractivity (Wildman–Crippen MR) is 120 cm³/mol. The van der Waals surface area contributed by atoms with Gasteiger partial charge in [0.25, 0.3) is 0 Å². The smallest absolute Gasteiger partial charge is 0.407 e. The lowest BCUT2D eigenvalue weighted by atomic mass is 9.98. The van der Waals surface area contributed by atoms with E-state index in [2.05, 4.69) is 10.6 Å². The molecule has 9 heteroatoms. The first-order chi connectivity index (χ1) is 15.9. The molecule has 4 N–H and O–H groups in total. The summed E-state index contributed by atoms with van der Waals surface area (Å²) >= 11 is 0. The standard InChI is InChI=1S/C24H28N2O7/c1-14(32-2)21(22(28)25-20(11-12-27)23(29)30)26-24(31)33-13-19-17-9-5-3-7-15(17)16-8-4-6-10-18(16)19/h3-10,14,19-21,27H,11-13H2,1-2H3,(H,25,28)(H,26,31)(H,29,30). The molecule has 2 aromatic carbocycles. The van der Waals surface area contributed by atoms with Crippen molar-refractivity contribution in [3.8, 4) is 11.1 Å². The Morgan fingerprint density at radius 3 is 2.09 bits per heavy atom. The summed E-state index contributed by atoms with van der Waals surface area (Å²) in [5, 5.41) is 23.0. The van der Waals surface area contributed by atoms with E-state index in [0.717, 1.165) is 22.3 Å². The first kappa shape index (κ1) is 24.2. The van der Waals surface area contributed by atoms with Gasteiger partial charge in [-0.3, -0.25) is 4.79 Å². The van der Waals surface area contributed by atoms with Gasteiger partial charge < -0.3 is 30.3 Å². The van der Waals surface area contributed by atoms with E-state index in [1.54, 1.807) is 6.92 Å². The number of nitrogens with one attached hydrogen (secondary N) is 2. The first-order valence-electron chi connectivity index (χ1n) is 10.7. The summed E-state index contributed by atoms with van der Waals surface area (Å²) in [6.45, 7) is 1.22. The van der Waals surface area contributed by atoms with E-state index in [9.17, 15) is 19.5 Å². The van der Waals surface area contributed by atoms with Crippen LogP contribution in [-0.4, -0.2) is 66.7 Å². The lowest BCUT2D eigenvalue weighted by Gasteiger charge is -2.25. The van der Waals surface area contributed by atoms with Crippen molar-refractivity contribution in [2.45, 2.75) is 37.5 Å². The number of amides is 2. The number of aliphatic hydroxyl groups excluding tert-OH is 1. The number of carboxylic acid groups (broad SMARTS) is 1. The van der Waals surface area contributed by atoms with Gasteiger partial charge in [0.05, 0.1) is 6.10 Å². The third kappa shape index (κ3) is 5.50. The molecule has 3 atom stereocenters. The fourth-order valence-corrected chi connectivity index (χ4v) is 3.95. The van der Waals surface area contributed by atoms with Crippen molar-refractivity contribution in [1.82, 2.24) is 10.6 Å². The number of carbonyl (C=O) groups is 3. The molecule has 0 fully saturated rings. The molecule has 2 amide bonds. The number of methoxy groups -OCH3 is 1. The molecule has 0 radical (unpaired) electrons. The highest BCUT2D eigenvalue weighted by Crippen LogP contribution is 2.44. The number of ether oxygens (including phenoxy) is 2. The van der Waals surface area contributed by atoms with Crippen molar-refractivity contribution in [1.29, 1.82) is 0 Å². The van der Waals surface area contributed by atoms with E-state index in [4.69, 9.17) is 14.6 Å². The van der Waals surface area contributed by atoms with Gasteiger partial charge in [0.1, 0.15) is 18.7 Å². The Morgan fingerprint density at radius 1 is 1.00 bits per heavy atom. The molecule has 33 heavy (non-hydrogen) atoms. The van der Waals surface area contributed by atoms with Gasteiger partial charge in [0.15, 0.2) is 0 Å². The average Bonchev–Trinajstić information content (AvgIpc) is 3.14. The van der Waals surface area contributed by atoms with Crippen LogP contribution in [0.1, 0.15) is 30.4 Å². The molecule has 1 aliphatic rings. The van der Waals surface area contributed by atoms with E-state index < -0.39 is 42.8 Å². The highest BCUT2D eigenvalue weighted by molar-refractivity contribution is 5.89. The second-order valence-corrected chi connectivity index (χ2v) is 7.80. The molecule has 0 saturated carbocycles. The Kier molecular flexibility index (Phi) is 8.02. The van der Waals surface area contributed by atoms with Gasteiger partial charge in [-0.05, 0) is 29.2 Å². The fraction of sp³-hybridized carbons (Fsp3) is 0.375. The molecule has 0 aliphatic heterocycles. The maximum absolute atomic E-state index is 12.7. The molecule has 0 aromatic heterocycles. The highest BCUT2D eigenvalue weighted by Gasteiger charge is 2.32. The van der Waals surface area contributed by atoms with Gasteiger partial charge in [-0.15, -0.1) is 0 Å². The highest BCUT2D eigenvalue weighted by atomic mass is 16.5. The van der Waals surface area contributed by atoms with Crippen molar-refractivity contribution in [2.75, 3.05) is 20.3 Å². The van der Waals surface area contributed by atoms with Gasteiger partial charge >= 0.3 is 12.1 Å². The molecule has 1 aliphatic carbocycles. The number of rotatable bonds is 10. The summed E-state index contributed by atoms with van der Waals surface area (Å²) in [5.41, 5.74) is 4.30. The van der Waals surface area contributed by atoms with Crippen LogP contribution in [0.3, 0.4) is 0 Å². The van der Waals surface area contributed by atoms with Crippen LogP contribution < -0.4 is 10.6 Å². The van der Waals surface area contributed by atoms with E-state index >= 15 is 0 Å². The molecule has 3 rings (SSSR count). The number of benzene rings is 2. The quantitative estimate of drug-likeness (QED) is 0.429. The SMILES string of the molecule is COC(C)C(NC(=O)OCC1c2ccccc2-c2ccccc21)C(=O)NC(CCO)C(=O)O. The summed E-state index contributed by atoms with van der Waals surface area (Å²) in [7, 11) is 1.37. The van der Waals surface area contributed by atoms with Crippen LogP contribution in [-0.2, 0) is 19.1 Å². The van der Waals surface area contributed by atoms with Crippen LogP contribution in [0.2, 0.25) is 0 Å². The lowest BCUT2D eigenvalue weighted by molar-refractivity contribution is -0.143. The Morgan fingerprint density at radius 2 is 1.58 bits per heavy atom. The normalized spacial score (nSPS) is 15.0. The number of carbonyl (C=O) groups excluding carboxylic acids is 2. The lowest BCUT2D eigenvalue weighted by Crippen LogP contribution is -2.56. The molecule has 0 heterocycles. The maximum Gasteiger partial charge on any atom is 0.407 e. The van der Waals surface area contributed by atoms with Gasteiger partial charge in [-0.2, -0.15) is 0 Å². The van der Waals surface area contributed by atoms with E-state index in [1.165, 1.54) is 7.11 Å². The summed E-state index contributed by atoms with van der Waals surface area (Å²) in [6, 6.07) is 13.4. The molecule has 3 unspecified atom stereocenters. The Hall–Kier alpha value is -3.43. The van der Waals surface area contributed by atoms with Crippen LogP contribution in [0, 0.1) is 0 Å². The molecule has 0 spiro atoms. The molecule has 0 saturated heterocycles. The van der Waals surface area contributed by atoms with Crippen molar-refractivity contribution < 1.29 is 34.1 Å². The largest absolute Gasteiger partial charge is 0.480 e. The van der Waals surface area contributed by atoms with Crippen molar-refractivity contribution in [2.24, 2.45) is 0 Å². The number of aliphatic hydroxyl groups is 1. The minimum Gasteiger partial charge on any atom is -0.480 e. The predicted octanol–water partition coefficient (Wildman–Crippen LogP) is 1.88. The van der Waals surface area contributed by atoms with Crippen LogP contribution in [0.4, 0.5) is 4.79 Å². The summed E-state index contributed by atoms with van der Waals surface area (Å²) in [5.74, 6) is -2.18. The van der Waals surface area contributed by atoms with Crippen LogP contribution in [0.15, 0.2) is 48.5 Å². The second kappa shape index (κ2) is 10.9. The maximum atomic E-state index is 12.7. The van der Waals surface area contributed by atoms with Gasteiger partial charge in [0.2, 0.25) is 5.91 Å². The van der Waals surface area contributed by atoms with Gasteiger partial charge in [-0.1, -0.05) is 48.5 Å². The van der Waals surface area contributed by atoms with E-state index in [-0.39, 0.29) is 18.9 Å². The average molecular weight is 456 g/mol. The number of fused-ring (bicyclic) bond motifs is 3. The second-order valence-electron chi connectivity index (χ2n) is 7.80. The number of alkyl carbamates (subject to hydrolysis) is 1. The van der Waals surface area contributed by atoms with Crippen LogP contribution in [0.5, 0.6) is 0 Å². The summed E-state index contributed by atoms with van der Waals surface area (Å²) in [4.78, 5) is 36.5. The molecule has 9 nitrogen and oxygen atoms in total. The Labute approximate surface area is 191 Å². The minimum atomic E-state index is -1.29. The third-order valence-corrected chi connectivity index (χ3v) is 5.77. The van der Waals surface area contributed by atoms with Crippen molar-refractivity contribution >= 4 is 18.0 Å². The van der Waals surface area contributed by atoms with Crippen molar-refractivity contribution in [3.63, 3.8) is 0 Å². The number of carboxylic acids is 1. The summed E-state index contributed by atoms with van der Waals surface area (Å²) < 4.78 is 10.7. The van der Waals surface area contributed by atoms with Crippen LogP contribution >= 0.6 is 0 Å². The first-order valence-corrected chi connectivity index (χ1v) is 10.7. The van der Waals surface area contributed by atoms with Crippen LogP contribution in [0.25, 0.3) is 11.1 Å². The van der Waals surface area contributed by atoms with Crippen molar-refractivity contribution in [3.05, 3.63) is 59.7 Å². The zero-order chi connectivity index (χ0) is 24.0. The molecular formula is C24H28N2O7. The number of aliphatic carboxylic acids is 1. The monoisotopic (exact) mass is 456 g/mol. The topological polar surface area (TPSA) is 134 Å². The Balaban J connectivity index is 1.68. The molecule has 0 bridgehead atoms. The fourth-order valence-electron chi connectivity index (χ4n) is 3.95. The Bertz CT molecular complexity index is 964. The molecular weight excluding hydrogens is 428 g/mol. The minimum absolute atomic E-state index is 0.0673. The van der Waals surface area contributed by atoms with E-state index in [1.807, 2.05) is 48.5 Å². The van der Waals surface area contributed by atoms with E-state index in [0.29, 0.717) is 0 Å². The third-order valence-electron chi connectivity index (χ3n) is 5.77. The molecule has 2 aromatic rings. The number of hydrogen-bond acceptors (Lipinski definition) is 6. The zero-order valence-corrected chi connectivity index (χ0v) is 18.5. The molecule has 176 valence electrons. The number of hydrogen-bond donors (Lipinski definition) is 4. The van der Waals surface area contributed by atoms with Gasteiger partial charge in [0, 0.05) is 26.1 Å². The summed E-state index contributed by atoms with van der Waals surface area (Å²) in [6.07, 6.45) is -1.75. The van der Waals surface area contributed by atoms with Gasteiger partial charge in [-0.25, -0.2) is 9.59 Å².